The molecule has 5 rings (SSSR count). The maximum absolute atomic E-state index is 13.1. The highest BCUT2D eigenvalue weighted by Crippen LogP contribution is 2.30. The minimum Gasteiger partial charge on any atom is -0.366 e. The Bertz CT molecular complexity index is 1330. The number of nitrogens with zero attached hydrogens (tertiary/aromatic N) is 3. The number of fused-ring (bicyclic) bond motifs is 1. The molecule has 3 N–H and O–H groups in total. The average molecular weight is 440 g/mol. The molecule has 0 saturated carbocycles. The number of aromatic amines is 1. The van der Waals surface area contributed by atoms with Gasteiger partial charge in [-0.25, -0.2) is 0 Å². The minimum absolute atomic E-state index is 0.0251. The predicted octanol–water partition coefficient (Wildman–Crippen LogP) is 4.05. The van der Waals surface area contributed by atoms with Gasteiger partial charge in [-0.05, 0) is 55.7 Å². The Balaban J connectivity index is 1.26. The van der Waals surface area contributed by atoms with Crippen LogP contribution in [0.1, 0.15) is 50.9 Å². The van der Waals surface area contributed by atoms with Crippen LogP contribution in [0.15, 0.2) is 60.8 Å². The van der Waals surface area contributed by atoms with Gasteiger partial charge in [-0.3, -0.25) is 19.7 Å². The van der Waals surface area contributed by atoms with Crippen LogP contribution >= 0.6 is 0 Å². The van der Waals surface area contributed by atoms with Crippen molar-refractivity contribution in [2.75, 3.05) is 13.1 Å². The Morgan fingerprint density at radius 1 is 1.03 bits per heavy atom. The van der Waals surface area contributed by atoms with E-state index >= 15 is 0 Å². The second-order valence-electron chi connectivity index (χ2n) is 8.60. The van der Waals surface area contributed by atoms with Gasteiger partial charge in [-0.15, -0.1) is 0 Å². The number of rotatable bonds is 4. The molecule has 166 valence electrons. The molecule has 7 heteroatoms. The van der Waals surface area contributed by atoms with Gasteiger partial charge in [0.15, 0.2) is 5.69 Å². The normalized spacial score (nSPS) is 14.5. The largest absolute Gasteiger partial charge is 0.366 e. The number of hydrogen-bond donors (Lipinski definition) is 2. The van der Waals surface area contributed by atoms with Gasteiger partial charge in [-0.1, -0.05) is 29.8 Å². The van der Waals surface area contributed by atoms with E-state index in [4.69, 9.17) is 5.73 Å². The number of piperidine rings is 1. The summed E-state index contributed by atoms with van der Waals surface area (Å²) < 4.78 is 0. The van der Waals surface area contributed by atoms with E-state index in [1.807, 2.05) is 60.5 Å². The first-order valence-electron chi connectivity index (χ1n) is 11.1. The van der Waals surface area contributed by atoms with Crippen molar-refractivity contribution in [2.45, 2.75) is 25.7 Å². The van der Waals surface area contributed by atoms with Crippen molar-refractivity contribution < 1.29 is 9.59 Å². The number of nitrogens with two attached hydrogens (primary N) is 1. The van der Waals surface area contributed by atoms with Gasteiger partial charge < -0.3 is 10.6 Å². The topological polar surface area (TPSA) is 105 Å². The van der Waals surface area contributed by atoms with Crippen LogP contribution in [-0.2, 0) is 0 Å². The van der Waals surface area contributed by atoms with Gasteiger partial charge in [0.05, 0.1) is 5.52 Å². The summed E-state index contributed by atoms with van der Waals surface area (Å²) in [6.45, 7) is 3.36. The zero-order valence-corrected chi connectivity index (χ0v) is 18.4. The number of carbonyl (C=O) groups is 2. The molecule has 1 aliphatic heterocycles. The highest BCUT2D eigenvalue weighted by atomic mass is 16.2. The second-order valence-corrected chi connectivity index (χ2v) is 8.60. The standard InChI is InChI=1S/C26H25N5O2/c1-16-5-7-23-21(13-16)24(30-29-23)26(33)31-11-9-17(10-12-31)22-8-6-20(15-28-22)18-3-2-4-19(14-18)25(27)32/h2-8,13-15,17H,9-12H2,1H3,(H2,27,32)(H,29,30). The van der Waals surface area contributed by atoms with E-state index in [2.05, 4.69) is 15.2 Å². The summed E-state index contributed by atoms with van der Waals surface area (Å²) in [5, 5.41) is 8.13. The fourth-order valence-corrected chi connectivity index (χ4v) is 4.49. The van der Waals surface area contributed by atoms with Crippen molar-refractivity contribution in [1.29, 1.82) is 0 Å². The van der Waals surface area contributed by atoms with E-state index in [-0.39, 0.29) is 5.91 Å². The van der Waals surface area contributed by atoms with E-state index in [0.29, 0.717) is 30.3 Å². The number of primary amides is 1. The Morgan fingerprint density at radius 3 is 2.58 bits per heavy atom. The molecule has 0 radical (unpaired) electrons. The number of aromatic nitrogens is 3. The van der Waals surface area contributed by atoms with Crippen LogP contribution in [0.2, 0.25) is 0 Å². The summed E-state index contributed by atoms with van der Waals surface area (Å²) in [5.74, 6) is -0.165. The molecule has 0 atom stereocenters. The fourth-order valence-electron chi connectivity index (χ4n) is 4.49. The number of pyridine rings is 1. The molecule has 1 fully saturated rings. The van der Waals surface area contributed by atoms with Crippen molar-refractivity contribution in [2.24, 2.45) is 5.73 Å². The molecule has 0 aliphatic carbocycles. The first-order valence-corrected chi connectivity index (χ1v) is 11.1. The summed E-state index contributed by atoms with van der Waals surface area (Å²) in [7, 11) is 0. The van der Waals surface area contributed by atoms with Crippen LogP contribution in [-0.4, -0.2) is 45.0 Å². The van der Waals surface area contributed by atoms with Crippen molar-refractivity contribution in [1.82, 2.24) is 20.1 Å². The van der Waals surface area contributed by atoms with Crippen LogP contribution < -0.4 is 5.73 Å². The Kier molecular flexibility index (Phi) is 5.38. The van der Waals surface area contributed by atoms with Crippen LogP contribution in [0.3, 0.4) is 0 Å². The summed E-state index contributed by atoms with van der Waals surface area (Å²) in [5.41, 5.74) is 11.2. The highest BCUT2D eigenvalue weighted by molar-refractivity contribution is 6.04. The SMILES string of the molecule is Cc1ccc2[nH]nc(C(=O)N3CCC(c4ccc(-c5cccc(C(N)=O)c5)cn4)CC3)c2c1. The number of hydrogen-bond acceptors (Lipinski definition) is 4. The lowest BCUT2D eigenvalue weighted by Crippen LogP contribution is -2.38. The molecule has 3 heterocycles. The molecule has 2 aromatic carbocycles. The molecule has 1 saturated heterocycles. The summed E-state index contributed by atoms with van der Waals surface area (Å²) in [6, 6.07) is 17.3. The number of H-pyrrole nitrogens is 1. The quantitative estimate of drug-likeness (QED) is 0.500. The van der Waals surface area contributed by atoms with E-state index < -0.39 is 5.91 Å². The summed E-state index contributed by atoms with van der Waals surface area (Å²) in [4.78, 5) is 31.1. The number of aryl methyl sites for hydroxylation is 1. The number of benzene rings is 2. The first-order chi connectivity index (χ1) is 16.0. The molecule has 2 amide bonds. The molecule has 0 bridgehead atoms. The lowest BCUT2D eigenvalue weighted by molar-refractivity contribution is 0.0708. The molecule has 33 heavy (non-hydrogen) atoms. The van der Waals surface area contributed by atoms with Crippen LogP contribution in [0.25, 0.3) is 22.0 Å². The smallest absolute Gasteiger partial charge is 0.274 e. The molecule has 4 aromatic rings. The Morgan fingerprint density at radius 2 is 1.85 bits per heavy atom. The van der Waals surface area contributed by atoms with Crippen molar-refractivity contribution in [3.05, 3.63) is 83.3 Å². The van der Waals surface area contributed by atoms with Gasteiger partial charge in [0, 0.05) is 47.4 Å². The monoisotopic (exact) mass is 439 g/mol. The third kappa shape index (κ3) is 4.09. The predicted molar refractivity (Wildman–Crippen MR) is 127 cm³/mol. The minimum atomic E-state index is -0.444. The van der Waals surface area contributed by atoms with Gasteiger partial charge >= 0.3 is 0 Å². The van der Waals surface area contributed by atoms with E-state index in [9.17, 15) is 9.59 Å². The van der Waals surface area contributed by atoms with E-state index in [1.165, 1.54) is 0 Å². The summed E-state index contributed by atoms with van der Waals surface area (Å²) in [6.07, 6.45) is 3.55. The zero-order valence-electron chi connectivity index (χ0n) is 18.4. The molecular weight excluding hydrogens is 414 g/mol. The number of carbonyl (C=O) groups excluding carboxylic acids is 2. The average Bonchev–Trinajstić information content (AvgIpc) is 3.27. The molecule has 7 nitrogen and oxygen atoms in total. The van der Waals surface area contributed by atoms with Crippen LogP contribution in [0.4, 0.5) is 0 Å². The van der Waals surface area contributed by atoms with Gasteiger partial charge in [0.25, 0.3) is 5.91 Å². The van der Waals surface area contributed by atoms with Crippen molar-refractivity contribution >= 4 is 22.7 Å². The number of likely N-dealkylation sites (tertiary alicyclic amines) is 1. The van der Waals surface area contributed by atoms with E-state index in [0.717, 1.165) is 46.1 Å². The molecule has 0 unspecified atom stereocenters. The van der Waals surface area contributed by atoms with Gasteiger partial charge in [-0.2, -0.15) is 5.10 Å². The van der Waals surface area contributed by atoms with Crippen LogP contribution in [0.5, 0.6) is 0 Å². The zero-order chi connectivity index (χ0) is 22.9. The number of amides is 2. The lowest BCUT2D eigenvalue weighted by Gasteiger charge is -2.31. The third-order valence-electron chi connectivity index (χ3n) is 6.39. The van der Waals surface area contributed by atoms with Gasteiger partial charge in [0.1, 0.15) is 0 Å². The second kappa shape index (κ2) is 8.50. The first kappa shape index (κ1) is 20.9. The fraction of sp³-hybridized carbons (Fsp3) is 0.231. The van der Waals surface area contributed by atoms with Crippen LogP contribution in [0, 0.1) is 6.92 Å². The number of nitrogens with one attached hydrogen (secondary N) is 1. The maximum atomic E-state index is 13.1. The van der Waals surface area contributed by atoms with Gasteiger partial charge in [0.2, 0.25) is 5.91 Å². The molecule has 0 spiro atoms. The maximum Gasteiger partial charge on any atom is 0.274 e. The van der Waals surface area contributed by atoms with Crippen molar-refractivity contribution in [3.8, 4) is 11.1 Å². The third-order valence-corrected chi connectivity index (χ3v) is 6.39. The van der Waals surface area contributed by atoms with Crippen molar-refractivity contribution in [3.63, 3.8) is 0 Å². The molecule has 1 aliphatic rings. The Hall–Kier alpha value is -4.00. The summed E-state index contributed by atoms with van der Waals surface area (Å²) >= 11 is 0. The lowest BCUT2D eigenvalue weighted by atomic mass is 9.92. The molecular formula is C26H25N5O2. The van der Waals surface area contributed by atoms with E-state index in [1.54, 1.807) is 12.1 Å². The Labute approximate surface area is 191 Å². The highest BCUT2D eigenvalue weighted by Gasteiger charge is 2.27. The molecule has 2 aromatic heterocycles.